The Hall–Kier alpha value is -7.14. The molecule has 20 nitrogen and oxygen atoms in total. The molecule has 0 amide bonds. The van der Waals surface area contributed by atoms with Gasteiger partial charge in [0.1, 0.15) is 5.69 Å². The van der Waals surface area contributed by atoms with Crippen molar-refractivity contribution < 1.29 is 85.6 Å². The number of hydrogen-bond donors (Lipinski definition) is 6. The van der Waals surface area contributed by atoms with Gasteiger partial charge < -0.3 is 30.6 Å². The van der Waals surface area contributed by atoms with Gasteiger partial charge >= 0.3 is 41.5 Å². The van der Waals surface area contributed by atoms with Crippen molar-refractivity contribution >= 4 is 61.2 Å². The molecule has 0 aliphatic heterocycles. The second-order valence-corrected chi connectivity index (χ2v) is 19.6. The standard InChI is InChI=1S/C23H38O4S.C9H7NO6.C8H8O4S.C7H4FNO4/c1-2-3-4-5-6-7-8-9-10-11-12-13-14-17-20-28(26,27)22-19-16-15-18-21(22)23(24)25;1-3-6(9(15)16)4(7(11)12)2-5(10-3)8(13)14;1-13(11,12)7-4-2-3-6(5-7)8(9)10;8-5-2-1-4(7(10)11)3-6(5)9(12)13/h15-16,18-19H,2-14,17,20H2,1H3,(H,24,25);2H,1H3,(H,11,12)(H,13,14)(H,15,16);2-5H,1H3,(H,9,10);1-3H,(H,10,11). The normalized spacial score (nSPS) is 10.7. The van der Waals surface area contributed by atoms with E-state index in [2.05, 4.69) is 11.9 Å². The van der Waals surface area contributed by atoms with Crippen LogP contribution in [0.4, 0.5) is 10.1 Å². The number of nitro benzene ring substituents is 1. The summed E-state index contributed by atoms with van der Waals surface area (Å²) >= 11 is 0. The number of carboxylic acid groups (broad SMARTS) is 6. The molecular formula is C47H57FN2O18S2. The van der Waals surface area contributed by atoms with Crippen molar-refractivity contribution in [2.45, 2.75) is 114 Å². The molecule has 6 N–H and O–H groups in total. The number of nitrogens with zero attached hydrogens (tertiary/aromatic N) is 2. The summed E-state index contributed by atoms with van der Waals surface area (Å²) < 4.78 is 59.5. The largest absolute Gasteiger partial charge is 0.478 e. The maximum Gasteiger partial charge on any atom is 0.354 e. The van der Waals surface area contributed by atoms with Crippen molar-refractivity contribution in [2.24, 2.45) is 0 Å². The van der Waals surface area contributed by atoms with Crippen LogP contribution in [0.5, 0.6) is 0 Å². The summed E-state index contributed by atoms with van der Waals surface area (Å²) in [5.74, 6) is -9.06. The van der Waals surface area contributed by atoms with E-state index in [1.165, 1.54) is 101 Å². The maximum atomic E-state index is 12.6. The van der Waals surface area contributed by atoms with Crippen LogP contribution < -0.4 is 0 Å². The first-order valence-electron chi connectivity index (χ1n) is 21.7. The highest BCUT2D eigenvalue weighted by Crippen LogP contribution is 2.21. The highest BCUT2D eigenvalue weighted by Gasteiger charge is 2.23. The van der Waals surface area contributed by atoms with Crippen LogP contribution in [0.15, 0.2) is 82.6 Å². The van der Waals surface area contributed by atoms with Gasteiger partial charge in [0.25, 0.3) is 0 Å². The number of pyridine rings is 1. The molecule has 382 valence electrons. The Bertz CT molecular complexity index is 2690. The predicted octanol–water partition coefficient (Wildman–Crippen LogP) is 9.34. The first-order chi connectivity index (χ1) is 32.8. The van der Waals surface area contributed by atoms with Crippen molar-refractivity contribution in [3.05, 3.63) is 128 Å². The minimum Gasteiger partial charge on any atom is -0.478 e. The van der Waals surface area contributed by atoms with Crippen molar-refractivity contribution in [2.75, 3.05) is 12.0 Å². The number of hydrogen-bond acceptors (Lipinski definition) is 13. The number of carbonyl (C=O) groups is 6. The van der Waals surface area contributed by atoms with Gasteiger partial charge in [-0.3, -0.25) is 10.1 Å². The molecule has 0 atom stereocenters. The average Bonchev–Trinajstić information content (AvgIpc) is 3.29. The Labute approximate surface area is 403 Å². The number of carboxylic acids is 6. The molecule has 0 unspecified atom stereocenters. The topological polar surface area (TPSA) is 348 Å². The minimum absolute atomic E-state index is 0.0207. The third-order valence-corrected chi connectivity index (χ3v) is 12.9. The molecule has 0 spiro atoms. The van der Waals surface area contributed by atoms with E-state index in [1.807, 2.05) is 0 Å². The van der Waals surface area contributed by atoms with Crippen LogP contribution >= 0.6 is 0 Å². The summed E-state index contributed by atoms with van der Waals surface area (Å²) in [6.07, 6.45) is 18.0. The zero-order chi connectivity index (χ0) is 53.2. The lowest BCUT2D eigenvalue weighted by atomic mass is 10.0. The zero-order valence-corrected chi connectivity index (χ0v) is 40.3. The molecule has 0 bridgehead atoms. The number of rotatable bonds is 24. The van der Waals surface area contributed by atoms with Crippen LogP contribution in [-0.4, -0.2) is 105 Å². The fourth-order valence-electron chi connectivity index (χ4n) is 6.38. The predicted molar refractivity (Wildman–Crippen MR) is 252 cm³/mol. The number of benzene rings is 3. The molecule has 3 aromatic carbocycles. The van der Waals surface area contributed by atoms with Gasteiger partial charge in [0.05, 0.1) is 54.0 Å². The van der Waals surface area contributed by atoms with Gasteiger partial charge in [0.2, 0.25) is 5.82 Å². The number of aromatic nitrogens is 1. The number of nitro groups is 1. The lowest BCUT2D eigenvalue weighted by Crippen LogP contribution is -2.15. The SMILES string of the molecule is CCCCCCCCCCCCCCCCS(=O)(=O)c1ccccc1C(=O)O.CS(=O)(=O)c1cccc(C(=O)O)c1.Cc1nc(C(=O)O)cc(C(=O)O)c1C(=O)O.O=C(O)c1ccc(F)c([N+](=O)[O-])c1. The highest BCUT2D eigenvalue weighted by atomic mass is 32.2. The van der Waals surface area contributed by atoms with Gasteiger partial charge in [-0.05, 0) is 61.9 Å². The third kappa shape index (κ3) is 21.9. The second-order valence-electron chi connectivity index (χ2n) is 15.5. The van der Waals surface area contributed by atoms with E-state index in [-0.39, 0.29) is 37.9 Å². The molecule has 4 rings (SSSR count). The number of aromatic carboxylic acids is 6. The van der Waals surface area contributed by atoms with Crippen LogP contribution in [0.1, 0.15) is 165 Å². The van der Waals surface area contributed by atoms with Crippen molar-refractivity contribution in [3.8, 4) is 0 Å². The smallest absolute Gasteiger partial charge is 0.354 e. The molecule has 0 aliphatic carbocycles. The first kappa shape index (κ1) is 60.9. The van der Waals surface area contributed by atoms with Crippen LogP contribution in [0.25, 0.3) is 0 Å². The molecule has 0 fully saturated rings. The summed E-state index contributed by atoms with van der Waals surface area (Å²) in [7, 11) is -6.86. The maximum absolute atomic E-state index is 12.6. The zero-order valence-electron chi connectivity index (χ0n) is 38.7. The molecule has 0 saturated heterocycles. The van der Waals surface area contributed by atoms with Crippen LogP contribution in [0, 0.1) is 22.9 Å². The van der Waals surface area contributed by atoms with Gasteiger partial charge in [0.15, 0.2) is 19.7 Å². The lowest BCUT2D eigenvalue weighted by molar-refractivity contribution is -0.387. The number of sulfone groups is 2. The Balaban J connectivity index is 0.000000497. The Morgan fingerprint density at radius 1 is 0.586 bits per heavy atom. The number of unbranched alkanes of at least 4 members (excludes halogenated alkanes) is 13. The van der Waals surface area contributed by atoms with E-state index in [9.17, 15) is 60.1 Å². The van der Waals surface area contributed by atoms with E-state index in [0.717, 1.165) is 49.8 Å². The molecule has 4 aromatic rings. The fourth-order valence-corrected chi connectivity index (χ4v) is 8.62. The van der Waals surface area contributed by atoms with E-state index in [1.54, 1.807) is 12.1 Å². The molecule has 70 heavy (non-hydrogen) atoms. The molecule has 0 aliphatic rings. The van der Waals surface area contributed by atoms with Gasteiger partial charge in [-0.2, -0.15) is 4.39 Å². The molecule has 1 heterocycles. The van der Waals surface area contributed by atoms with Crippen molar-refractivity contribution in [1.29, 1.82) is 0 Å². The van der Waals surface area contributed by atoms with E-state index in [0.29, 0.717) is 12.5 Å². The number of aryl methyl sites for hydroxylation is 1. The Morgan fingerprint density at radius 3 is 1.51 bits per heavy atom. The van der Waals surface area contributed by atoms with E-state index < -0.39 is 88.7 Å². The van der Waals surface area contributed by atoms with Crippen molar-refractivity contribution in [3.63, 3.8) is 0 Å². The lowest BCUT2D eigenvalue weighted by Gasteiger charge is -2.07. The molecular weight excluding hydrogens is 964 g/mol. The van der Waals surface area contributed by atoms with Gasteiger partial charge in [-0.25, -0.2) is 50.6 Å². The van der Waals surface area contributed by atoms with E-state index >= 15 is 0 Å². The summed E-state index contributed by atoms with van der Waals surface area (Å²) in [6.45, 7) is 3.49. The summed E-state index contributed by atoms with van der Waals surface area (Å²) in [4.78, 5) is 76.8. The van der Waals surface area contributed by atoms with Crippen LogP contribution in [0.3, 0.4) is 0 Å². The van der Waals surface area contributed by atoms with Gasteiger partial charge in [-0.15, -0.1) is 0 Å². The summed E-state index contributed by atoms with van der Waals surface area (Å²) in [6, 6.07) is 14.2. The highest BCUT2D eigenvalue weighted by molar-refractivity contribution is 7.91. The van der Waals surface area contributed by atoms with Crippen LogP contribution in [0.2, 0.25) is 0 Å². The minimum atomic E-state index is -3.53. The number of halogens is 1. The summed E-state index contributed by atoms with van der Waals surface area (Å²) in [5.41, 5.74) is -3.04. The summed E-state index contributed by atoms with van der Waals surface area (Å²) in [5, 5.41) is 62.5. The molecule has 23 heteroatoms. The first-order valence-corrected chi connectivity index (χ1v) is 25.3. The molecule has 1 aromatic heterocycles. The third-order valence-electron chi connectivity index (χ3n) is 9.98. The quantitative estimate of drug-likeness (QED) is 0.0216. The van der Waals surface area contributed by atoms with Crippen LogP contribution in [-0.2, 0) is 19.7 Å². The molecule has 0 radical (unpaired) electrons. The molecule has 0 saturated carbocycles. The second kappa shape index (κ2) is 30.4. The van der Waals surface area contributed by atoms with E-state index in [4.69, 9.17) is 30.6 Å². The fraction of sp³-hybridized carbons (Fsp3) is 0.383. The Kier molecular flexibility index (Phi) is 26.4. The van der Waals surface area contributed by atoms with Gasteiger partial charge in [0, 0.05) is 12.3 Å². The van der Waals surface area contributed by atoms with Crippen molar-refractivity contribution in [1.82, 2.24) is 4.98 Å². The average molecular weight is 1020 g/mol. The van der Waals surface area contributed by atoms with Gasteiger partial charge in [-0.1, -0.05) is 109 Å². The Morgan fingerprint density at radius 2 is 1.07 bits per heavy atom. The monoisotopic (exact) mass is 1020 g/mol.